The number of nitrogens with one attached hydrogen (secondary N) is 1. The van der Waals surface area contributed by atoms with E-state index in [2.05, 4.69) is 10.4 Å². The molecule has 18 heavy (non-hydrogen) atoms. The van der Waals surface area contributed by atoms with Crippen molar-refractivity contribution in [3.63, 3.8) is 0 Å². The normalized spacial score (nSPS) is 15.9. The van der Waals surface area contributed by atoms with Gasteiger partial charge in [-0.15, -0.1) is 0 Å². The van der Waals surface area contributed by atoms with E-state index >= 15 is 0 Å². The second-order valence-electron chi connectivity index (χ2n) is 4.15. The summed E-state index contributed by atoms with van der Waals surface area (Å²) in [6, 6.07) is 5.37. The van der Waals surface area contributed by atoms with Crippen LogP contribution >= 0.6 is 11.6 Å². The van der Waals surface area contributed by atoms with E-state index < -0.39 is 0 Å². The molecule has 0 saturated heterocycles. The van der Waals surface area contributed by atoms with Crippen LogP contribution in [0.2, 0.25) is 5.02 Å². The van der Waals surface area contributed by atoms with E-state index in [9.17, 15) is 4.79 Å². The van der Waals surface area contributed by atoms with Gasteiger partial charge in [-0.2, -0.15) is 5.10 Å². The molecule has 0 bridgehead atoms. The van der Waals surface area contributed by atoms with Crippen LogP contribution in [-0.2, 0) is 11.8 Å². The first-order valence-corrected chi connectivity index (χ1v) is 5.83. The predicted molar refractivity (Wildman–Crippen MR) is 71.2 cm³/mol. The number of halogens is 1. The molecule has 3 rings (SSSR count). The van der Waals surface area contributed by atoms with Crippen LogP contribution < -0.4 is 5.32 Å². The lowest BCUT2D eigenvalue weighted by atomic mass is 10.1. The van der Waals surface area contributed by atoms with Crippen molar-refractivity contribution in [1.29, 1.82) is 0 Å². The minimum Gasteiger partial charge on any atom is -0.321 e. The Labute approximate surface area is 109 Å². The van der Waals surface area contributed by atoms with Gasteiger partial charge < -0.3 is 5.32 Å². The first kappa shape index (κ1) is 11.0. The lowest BCUT2D eigenvalue weighted by molar-refractivity contribution is -0.110. The van der Waals surface area contributed by atoms with Crippen LogP contribution in [0.15, 0.2) is 30.6 Å². The number of hydrogen-bond donors (Lipinski definition) is 1. The van der Waals surface area contributed by atoms with E-state index in [1.807, 2.05) is 25.4 Å². The summed E-state index contributed by atoms with van der Waals surface area (Å²) in [5, 5.41) is 7.48. The van der Waals surface area contributed by atoms with Crippen LogP contribution in [0.3, 0.4) is 0 Å². The molecule has 1 N–H and O–H groups in total. The van der Waals surface area contributed by atoms with Crippen molar-refractivity contribution >= 4 is 34.8 Å². The minimum absolute atomic E-state index is 0.115. The fraction of sp³-hybridized carbons (Fsp3) is 0.0769. The van der Waals surface area contributed by atoms with Crippen molar-refractivity contribution in [3.8, 4) is 0 Å². The molecule has 4 nitrogen and oxygen atoms in total. The number of carbonyl (C=O) groups excluding carboxylic acids is 1. The molecule has 1 aromatic heterocycles. The predicted octanol–water partition coefficient (Wildman–Crippen LogP) is 2.57. The molecule has 0 radical (unpaired) electrons. The van der Waals surface area contributed by atoms with Gasteiger partial charge in [0.2, 0.25) is 0 Å². The second-order valence-corrected chi connectivity index (χ2v) is 4.59. The van der Waals surface area contributed by atoms with Crippen molar-refractivity contribution in [2.75, 3.05) is 5.32 Å². The molecule has 2 heterocycles. The molecule has 0 saturated carbocycles. The summed E-state index contributed by atoms with van der Waals surface area (Å²) >= 11 is 5.90. The first-order chi connectivity index (χ1) is 8.63. The van der Waals surface area contributed by atoms with Crippen LogP contribution in [0, 0.1) is 0 Å². The highest BCUT2D eigenvalue weighted by atomic mass is 35.5. The second kappa shape index (κ2) is 3.99. The number of benzene rings is 1. The van der Waals surface area contributed by atoms with Gasteiger partial charge >= 0.3 is 0 Å². The van der Waals surface area contributed by atoms with Crippen LogP contribution in [0.1, 0.15) is 11.1 Å². The highest BCUT2D eigenvalue weighted by Crippen LogP contribution is 2.34. The monoisotopic (exact) mass is 259 g/mol. The van der Waals surface area contributed by atoms with Gasteiger partial charge in [-0.25, -0.2) is 0 Å². The van der Waals surface area contributed by atoms with Crippen LogP contribution in [-0.4, -0.2) is 15.7 Å². The quantitative estimate of drug-likeness (QED) is 0.800. The summed E-state index contributed by atoms with van der Waals surface area (Å²) in [6.07, 6.45) is 5.39. The molecule has 0 spiro atoms. The Bertz CT molecular complexity index is 673. The average Bonchev–Trinajstić information content (AvgIpc) is 2.84. The zero-order chi connectivity index (χ0) is 12.7. The molecule has 2 aromatic rings. The van der Waals surface area contributed by atoms with E-state index in [-0.39, 0.29) is 5.91 Å². The van der Waals surface area contributed by atoms with Gasteiger partial charge in [-0.05, 0) is 18.2 Å². The molecule has 90 valence electrons. The molecule has 0 unspecified atom stereocenters. The van der Waals surface area contributed by atoms with Crippen LogP contribution in [0.5, 0.6) is 0 Å². The Morgan fingerprint density at radius 2 is 2.28 bits per heavy atom. The number of hydrogen-bond acceptors (Lipinski definition) is 2. The molecular formula is C13H10ClN3O. The Morgan fingerprint density at radius 3 is 3.00 bits per heavy atom. The van der Waals surface area contributed by atoms with Crippen molar-refractivity contribution in [2.45, 2.75) is 0 Å². The molecule has 1 amide bonds. The van der Waals surface area contributed by atoms with Crippen LogP contribution in [0.25, 0.3) is 11.6 Å². The molecule has 0 fully saturated rings. The fourth-order valence-corrected chi connectivity index (χ4v) is 2.16. The van der Waals surface area contributed by atoms with E-state index in [1.54, 1.807) is 23.0 Å². The number of anilines is 1. The molecule has 0 aliphatic carbocycles. The van der Waals surface area contributed by atoms with Crippen LogP contribution in [0.4, 0.5) is 5.69 Å². The Hall–Kier alpha value is -2.07. The Morgan fingerprint density at radius 1 is 1.44 bits per heavy atom. The summed E-state index contributed by atoms with van der Waals surface area (Å²) in [5.41, 5.74) is 3.15. The maximum absolute atomic E-state index is 11.9. The maximum atomic E-state index is 11.9. The highest BCUT2D eigenvalue weighted by Gasteiger charge is 2.24. The maximum Gasteiger partial charge on any atom is 0.256 e. The highest BCUT2D eigenvalue weighted by molar-refractivity contribution is 6.36. The van der Waals surface area contributed by atoms with Gasteiger partial charge in [0.15, 0.2) is 0 Å². The summed E-state index contributed by atoms with van der Waals surface area (Å²) in [7, 11) is 1.84. The first-order valence-electron chi connectivity index (χ1n) is 5.45. The summed E-state index contributed by atoms with van der Waals surface area (Å²) in [5.74, 6) is -0.115. The molecule has 1 aromatic carbocycles. The third-order valence-corrected chi connectivity index (χ3v) is 3.04. The summed E-state index contributed by atoms with van der Waals surface area (Å²) in [4.78, 5) is 11.9. The van der Waals surface area contributed by atoms with Gasteiger partial charge in [-0.1, -0.05) is 17.7 Å². The van der Waals surface area contributed by atoms with Crippen molar-refractivity contribution in [1.82, 2.24) is 9.78 Å². The standard InChI is InChI=1S/C13H10ClN3O/c1-17-7-8(6-15-17)4-11-10-3-2-9(14)5-12(10)16-13(11)18/h2-7H,1H3,(H,16,18)/b11-4-. The molecule has 0 atom stereocenters. The fourth-order valence-electron chi connectivity index (χ4n) is 1.99. The lowest BCUT2D eigenvalue weighted by Gasteiger charge is -1.97. The Balaban J connectivity index is 2.09. The number of nitrogens with zero attached hydrogens (tertiary/aromatic N) is 2. The van der Waals surface area contributed by atoms with Gasteiger partial charge in [0.1, 0.15) is 0 Å². The number of aromatic nitrogens is 2. The molecule has 1 aliphatic rings. The largest absolute Gasteiger partial charge is 0.321 e. The molecule has 5 heteroatoms. The number of rotatable bonds is 1. The third kappa shape index (κ3) is 1.80. The van der Waals surface area contributed by atoms with Crippen molar-refractivity contribution < 1.29 is 4.79 Å². The SMILES string of the molecule is Cn1cc(/C=C2\C(=O)Nc3cc(Cl)ccc32)cn1. The topological polar surface area (TPSA) is 46.9 Å². The zero-order valence-electron chi connectivity index (χ0n) is 9.64. The molecule has 1 aliphatic heterocycles. The van der Waals surface area contributed by atoms with Gasteiger partial charge in [-0.3, -0.25) is 9.48 Å². The van der Waals surface area contributed by atoms with E-state index in [4.69, 9.17) is 11.6 Å². The lowest BCUT2D eigenvalue weighted by Crippen LogP contribution is -2.03. The van der Waals surface area contributed by atoms with Gasteiger partial charge in [0.05, 0.1) is 11.9 Å². The number of aryl methyl sites for hydroxylation is 1. The number of carbonyl (C=O) groups is 1. The summed E-state index contributed by atoms with van der Waals surface area (Å²) < 4.78 is 1.70. The van der Waals surface area contributed by atoms with Crippen molar-refractivity contribution in [3.05, 3.63) is 46.7 Å². The van der Waals surface area contributed by atoms with Gasteiger partial charge in [0, 0.05) is 35.0 Å². The van der Waals surface area contributed by atoms with E-state index in [0.29, 0.717) is 10.6 Å². The van der Waals surface area contributed by atoms with E-state index in [1.165, 1.54) is 0 Å². The average molecular weight is 260 g/mol. The number of amides is 1. The van der Waals surface area contributed by atoms with Gasteiger partial charge in [0.25, 0.3) is 5.91 Å². The Kier molecular flexibility index (Phi) is 2.45. The summed E-state index contributed by atoms with van der Waals surface area (Å²) in [6.45, 7) is 0. The molecular weight excluding hydrogens is 250 g/mol. The van der Waals surface area contributed by atoms with Crippen molar-refractivity contribution in [2.24, 2.45) is 7.05 Å². The third-order valence-electron chi connectivity index (χ3n) is 2.80. The number of fused-ring (bicyclic) bond motifs is 1. The smallest absolute Gasteiger partial charge is 0.256 e. The van der Waals surface area contributed by atoms with E-state index in [0.717, 1.165) is 16.8 Å². The zero-order valence-corrected chi connectivity index (χ0v) is 10.4. The minimum atomic E-state index is -0.115.